The van der Waals surface area contributed by atoms with Crippen molar-refractivity contribution in [3.8, 4) is 0 Å². The molecule has 5 amide bonds. The molecule has 1 heterocycles. The molecule has 12 nitrogen and oxygen atoms in total. The lowest BCUT2D eigenvalue weighted by atomic mass is 9.83. The van der Waals surface area contributed by atoms with Crippen LogP contribution in [0.25, 0.3) is 0 Å². The first-order valence-corrected chi connectivity index (χ1v) is 17.1. The van der Waals surface area contributed by atoms with E-state index in [0.29, 0.717) is 13.0 Å². The highest BCUT2D eigenvalue weighted by molar-refractivity contribution is 6.38. The molecule has 2 aliphatic carbocycles. The van der Waals surface area contributed by atoms with Crippen LogP contribution in [-0.2, 0) is 28.7 Å². The Kier molecular flexibility index (Phi) is 12.3. The highest BCUT2D eigenvalue weighted by Gasteiger charge is 2.69. The zero-order valence-corrected chi connectivity index (χ0v) is 29.6. The van der Waals surface area contributed by atoms with E-state index in [1.807, 2.05) is 20.8 Å². The number of amides is 5. The van der Waals surface area contributed by atoms with E-state index in [1.165, 1.54) is 0 Å². The second kappa shape index (κ2) is 15.2. The third-order valence-corrected chi connectivity index (χ3v) is 9.47. The van der Waals surface area contributed by atoms with Crippen LogP contribution in [0.15, 0.2) is 12.7 Å². The van der Waals surface area contributed by atoms with Crippen LogP contribution in [0.2, 0.25) is 0 Å². The Balaban J connectivity index is 1.77. The minimum absolute atomic E-state index is 0.0538. The number of urea groups is 1. The molecule has 47 heavy (non-hydrogen) atoms. The van der Waals surface area contributed by atoms with E-state index in [0.717, 1.165) is 32.1 Å². The molecule has 2 saturated carbocycles. The molecule has 3 rings (SSSR count). The zero-order valence-electron chi connectivity index (χ0n) is 29.6. The third kappa shape index (κ3) is 10.3. The molecule has 0 radical (unpaired) electrons. The Morgan fingerprint density at radius 2 is 1.62 bits per heavy atom. The number of hydrogen-bond acceptors (Lipinski definition) is 7. The molecule has 0 spiro atoms. The van der Waals surface area contributed by atoms with E-state index in [9.17, 15) is 28.8 Å². The first-order valence-electron chi connectivity index (χ1n) is 17.1. The first-order chi connectivity index (χ1) is 21.8. The van der Waals surface area contributed by atoms with Gasteiger partial charge in [-0.1, -0.05) is 39.2 Å². The van der Waals surface area contributed by atoms with E-state index in [2.05, 4.69) is 41.7 Å². The maximum atomic E-state index is 14.3. The molecule has 1 aliphatic heterocycles. The van der Waals surface area contributed by atoms with Gasteiger partial charge in [0.05, 0.1) is 12.5 Å². The zero-order chi connectivity index (χ0) is 35.3. The normalized spacial score (nSPS) is 23.4. The summed E-state index contributed by atoms with van der Waals surface area (Å²) in [5.74, 6) is -3.14. The van der Waals surface area contributed by atoms with Gasteiger partial charge in [0, 0.05) is 18.6 Å². The Labute approximate surface area is 279 Å². The lowest BCUT2D eigenvalue weighted by molar-refractivity contribution is -0.154. The van der Waals surface area contributed by atoms with Gasteiger partial charge in [-0.05, 0) is 90.4 Å². The fraction of sp³-hybridized carbons (Fsp3) is 0.771. The Hall–Kier alpha value is -3.44. The summed E-state index contributed by atoms with van der Waals surface area (Å²) in [5.41, 5.74) is -1.36. The molecule has 4 N–H and O–H groups in total. The molecule has 0 aromatic carbocycles. The van der Waals surface area contributed by atoms with Crippen molar-refractivity contribution in [2.24, 2.45) is 23.2 Å². The highest BCUT2D eigenvalue weighted by Crippen LogP contribution is 2.65. The molecule has 3 aliphatic rings. The van der Waals surface area contributed by atoms with Crippen LogP contribution >= 0.6 is 0 Å². The molecular formula is C35H57N5O7. The number of ketones is 1. The Bertz CT molecular complexity index is 1210. The van der Waals surface area contributed by atoms with Crippen LogP contribution in [-0.4, -0.2) is 82.8 Å². The number of rotatable bonds is 13. The Morgan fingerprint density at radius 1 is 0.979 bits per heavy atom. The largest absolute Gasteiger partial charge is 0.460 e. The van der Waals surface area contributed by atoms with E-state index < -0.39 is 58.9 Å². The van der Waals surface area contributed by atoms with E-state index >= 15 is 0 Å². The summed E-state index contributed by atoms with van der Waals surface area (Å²) in [7, 11) is 0. The average molecular weight is 660 g/mol. The number of allylic oxidation sites excluding steroid dienone is 1. The summed E-state index contributed by atoms with van der Waals surface area (Å²) < 4.78 is 5.25. The van der Waals surface area contributed by atoms with Gasteiger partial charge in [0.1, 0.15) is 17.7 Å². The van der Waals surface area contributed by atoms with E-state index in [4.69, 9.17) is 4.74 Å². The molecule has 0 bridgehead atoms. The minimum atomic E-state index is -1.15. The van der Waals surface area contributed by atoms with Crippen molar-refractivity contribution in [1.82, 2.24) is 26.2 Å². The molecule has 264 valence electrons. The number of nitrogens with zero attached hydrogens (tertiary/aromatic N) is 1. The predicted molar refractivity (Wildman–Crippen MR) is 178 cm³/mol. The van der Waals surface area contributed by atoms with Crippen LogP contribution in [0.3, 0.4) is 0 Å². The molecule has 5 atom stereocenters. The van der Waals surface area contributed by atoms with Crippen molar-refractivity contribution in [3.63, 3.8) is 0 Å². The summed E-state index contributed by atoms with van der Waals surface area (Å²) in [4.78, 5) is 81.1. The van der Waals surface area contributed by atoms with Gasteiger partial charge in [0.2, 0.25) is 17.6 Å². The van der Waals surface area contributed by atoms with Gasteiger partial charge in [0.15, 0.2) is 0 Å². The van der Waals surface area contributed by atoms with Gasteiger partial charge in [-0.3, -0.25) is 24.0 Å². The lowest BCUT2D eigenvalue weighted by Gasteiger charge is -2.37. The second-order valence-electron chi connectivity index (χ2n) is 16.0. The van der Waals surface area contributed by atoms with Crippen LogP contribution < -0.4 is 21.3 Å². The van der Waals surface area contributed by atoms with Gasteiger partial charge in [-0.2, -0.15) is 0 Å². The number of piperidine rings is 1. The van der Waals surface area contributed by atoms with Crippen LogP contribution in [0.1, 0.15) is 107 Å². The quantitative estimate of drug-likeness (QED) is 0.134. The number of carbonyl (C=O) groups is 6. The molecule has 0 aromatic heterocycles. The number of esters is 1. The van der Waals surface area contributed by atoms with E-state index in [-0.39, 0.29) is 48.5 Å². The fourth-order valence-corrected chi connectivity index (χ4v) is 7.08. The molecule has 1 saturated heterocycles. The first kappa shape index (κ1) is 38.0. The third-order valence-electron chi connectivity index (χ3n) is 9.47. The topological polar surface area (TPSA) is 163 Å². The summed E-state index contributed by atoms with van der Waals surface area (Å²) in [6.07, 6.45) is 6.61. The van der Waals surface area contributed by atoms with Crippen molar-refractivity contribution in [2.75, 3.05) is 13.1 Å². The highest BCUT2D eigenvalue weighted by atomic mass is 16.6. The van der Waals surface area contributed by atoms with E-state index in [1.54, 1.807) is 31.7 Å². The smallest absolute Gasteiger partial charge is 0.315 e. The van der Waals surface area contributed by atoms with Crippen LogP contribution in [0.4, 0.5) is 4.79 Å². The predicted octanol–water partition coefficient (Wildman–Crippen LogP) is 3.38. The van der Waals surface area contributed by atoms with Crippen molar-refractivity contribution >= 4 is 35.5 Å². The Morgan fingerprint density at radius 3 is 2.19 bits per heavy atom. The van der Waals surface area contributed by atoms with Gasteiger partial charge in [-0.15, -0.1) is 6.58 Å². The van der Waals surface area contributed by atoms with Crippen LogP contribution in [0, 0.1) is 23.2 Å². The average Bonchev–Trinajstić information content (AvgIpc) is 3.26. The monoisotopic (exact) mass is 659 g/mol. The van der Waals surface area contributed by atoms with Crippen molar-refractivity contribution < 1.29 is 33.5 Å². The molecule has 3 fully saturated rings. The van der Waals surface area contributed by atoms with Gasteiger partial charge in [0.25, 0.3) is 5.91 Å². The summed E-state index contributed by atoms with van der Waals surface area (Å²) in [6.45, 7) is 18.9. The lowest BCUT2D eigenvalue weighted by Crippen LogP contribution is -2.61. The molecule has 12 heteroatoms. The number of carbonyl (C=O) groups excluding carboxylic acids is 6. The van der Waals surface area contributed by atoms with Crippen molar-refractivity contribution in [3.05, 3.63) is 12.7 Å². The number of Topliss-reactive ketones (excluding diaryl/α,β-unsaturated/α-hetero) is 1. The van der Waals surface area contributed by atoms with Gasteiger partial charge in [-0.25, -0.2) is 4.79 Å². The van der Waals surface area contributed by atoms with Crippen LogP contribution in [0.5, 0.6) is 0 Å². The fourth-order valence-electron chi connectivity index (χ4n) is 7.08. The number of likely N-dealkylation sites (tertiary alicyclic amines) is 1. The molecule has 0 aromatic rings. The summed E-state index contributed by atoms with van der Waals surface area (Å²) in [5, 5.41) is 11.1. The molecule has 4 unspecified atom stereocenters. The minimum Gasteiger partial charge on any atom is -0.460 e. The number of ether oxygens (including phenoxy) is 1. The van der Waals surface area contributed by atoms with Gasteiger partial charge >= 0.3 is 12.0 Å². The van der Waals surface area contributed by atoms with Gasteiger partial charge < -0.3 is 30.9 Å². The second-order valence-corrected chi connectivity index (χ2v) is 16.0. The molecular weight excluding hydrogens is 602 g/mol. The SMILES string of the molecule is C=CCCC(NC(=O)C1C2C(CN1C(=O)[C@@H](NC(=O)NC(C)(C)C)C1CCCCC1)C2(C)C)C(=O)C(=O)NCCC(=O)OC(C)(C)C. The van der Waals surface area contributed by atoms with Crippen molar-refractivity contribution in [1.29, 1.82) is 0 Å². The maximum absolute atomic E-state index is 14.3. The maximum Gasteiger partial charge on any atom is 0.315 e. The standard InChI is InChI=1S/C35H57N5O7/c1-10-11-17-23(28(42)30(44)36-19-18-24(41)47-34(5,6)7)37-29(43)27-25-22(35(25,8)9)20-40(27)31(45)26(21-15-13-12-14-16-21)38-32(46)39-33(2,3)4/h10,21-23,25-27H,1,11-20H2,2-9H3,(H,36,44)(H,37,43)(H2,38,39,46)/t22?,23?,25?,26-,27?/m0/s1. The number of fused-ring (bicyclic) bond motifs is 1. The summed E-state index contributed by atoms with van der Waals surface area (Å²) >= 11 is 0. The summed E-state index contributed by atoms with van der Waals surface area (Å²) in [6, 6.07) is -3.22. The van der Waals surface area contributed by atoms with Crippen molar-refractivity contribution in [2.45, 2.75) is 136 Å². The number of hydrogen-bond donors (Lipinski definition) is 4. The number of nitrogens with one attached hydrogen (secondary N) is 4.